The lowest BCUT2D eigenvalue weighted by Crippen LogP contribution is -2.31. The maximum atomic E-state index is 16.2. The molecule has 2 amide bonds. The van der Waals surface area contributed by atoms with E-state index in [1.807, 2.05) is 12.1 Å². The summed E-state index contributed by atoms with van der Waals surface area (Å²) in [4.78, 5) is 79.2. The first-order valence-corrected chi connectivity index (χ1v) is 30.4. The number of nitrogens with zero attached hydrogens (tertiary/aromatic N) is 10. The molecular formula is C68H52Cl2F4N12O9. The van der Waals surface area contributed by atoms with Crippen LogP contribution >= 0.6 is 23.2 Å². The Labute approximate surface area is 548 Å². The lowest BCUT2D eigenvalue weighted by Gasteiger charge is -2.27. The second-order valence-electron chi connectivity index (χ2n) is 22.4. The van der Waals surface area contributed by atoms with Crippen molar-refractivity contribution < 1.29 is 60.4 Å². The molecule has 95 heavy (non-hydrogen) atoms. The van der Waals surface area contributed by atoms with Gasteiger partial charge in [-0.25, -0.2) is 47.1 Å². The summed E-state index contributed by atoms with van der Waals surface area (Å²) in [7, 11) is 0. The largest absolute Gasteiger partial charge is 0.473 e. The molecule has 27 heteroatoms. The van der Waals surface area contributed by atoms with Crippen molar-refractivity contribution in [1.29, 1.82) is 10.5 Å². The fourth-order valence-electron chi connectivity index (χ4n) is 10.5. The summed E-state index contributed by atoms with van der Waals surface area (Å²) in [5, 5.41) is 23.3. The highest BCUT2D eigenvalue weighted by Crippen LogP contribution is 2.33. The molecule has 2 aliphatic rings. The molecule has 4 aromatic carbocycles. The summed E-state index contributed by atoms with van der Waals surface area (Å²) in [5.74, 6) is -5.42. The van der Waals surface area contributed by atoms with E-state index in [0.717, 1.165) is 24.3 Å². The van der Waals surface area contributed by atoms with Crippen molar-refractivity contribution in [2.24, 2.45) is 0 Å². The van der Waals surface area contributed by atoms with Gasteiger partial charge in [-0.3, -0.25) is 19.6 Å². The first-order valence-electron chi connectivity index (χ1n) is 29.7. The van der Waals surface area contributed by atoms with E-state index in [1.165, 1.54) is 86.9 Å². The molecule has 480 valence electrons. The van der Waals surface area contributed by atoms with Gasteiger partial charge in [-0.1, -0.05) is 35.3 Å². The lowest BCUT2D eigenvalue weighted by molar-refractivity contribution is -0.0591. The molecule has 0 aliphatic carbocycles. The number of ether oxygens (including phenoxy) is 5. The number of carbonyl (C=O) groups excluding carboxylic acids is 4. The third-order valence-corrected chi connectivity index (χ3v) is 16.5. The minimum absolute atomic E-state index is 0.00332. The van der Waals surface area contributed by atoms with Crippen molar-refractivity contribution in [2.75, 3.05) is 13.2 Å². The van der Waals surface area contributed by atoms with Crippen molar-refractivity contribution in [3.63, 3.8) is 0 Å². The van der Waals surface area contributed by atoms with Crippen LogP contribution in [0, 0.1) is 45.9 Å². The zero-order valence-electron chi connectivity index (χ0n) is 50.3. The van der Waals surface area contributed by atoms with E-state index in [2.05, 4.69) is 30.6 Å². The fourth-order valence-corrected chi connectivity index (χ4v) is 10.9. The number of carbonyl (C=O) groups is 4. The average Bonchev–Trinajstić information content (AvgIpc) is 1.67. The Bertz CT molecular complexity index is 4500. The molecule has 2 N–H and O–H groups in total. The highest BCUT2D eigenvalue weighted by atomic mass is 35.5. The number of pyridine rings is 4. The van der Waals surface area contributed by atoms with Crippen LogP contribution in [-0.2, 0) is 53.4 Å². The predicted octanol–water partition coefficient (Wildman–Crippen LogP) is 11.4. The summed E-state index contributed by atoms with van der Waals surface area (Å²) >= 11 is 12.8. The number of fused-ring (bicyclic) bond motifs is 2. The molecule has 21 nitrogen and oxygen atoms in total. The standard InChI is InChI=1S/C68H52Cl2F4N12O9/c1-35(27-75)79-65(87)57-25-47(69)41(29-77-57)33-93-63-7-3-5-53(83-63)45-23-49(71)39(17-51(45)73)21-61-81-55-11-9-37(19-59(55)85(61)31-43-13-15-91-43)67(89)95-68(90)38-10-12-56-60(20-38)86(32-44-14-16-92-44)62(82-56)22-40-18-52(74)46(24-50(40)72)54-6-4-8-64(84-54)94-34-42-30-78-58(26-48(42)70)66(88)80-36(2)28-76/h3-12,17-20,23-26,29-30,35-36,43-44H,13-16,21-22,31-34H2,1-2H3,(H,79,87)(H,80,88)/t35-,36-,43+,44+/m1/s1. The number of nitriles is 2. The minimum atomic E-state index is -0.990. The smallest absolute Gasteiger partial charge is 0.346 e. The topological polar surface area (TPSA) is 273 Å². The molecule has 8 heterocycles. The number of imidazole rings is 2. The van der Waals surface area contributed by atoms with Crippen molar-refractivity contribution >= 4 is 69.0 Å². The van der Waals surface area contributed by atoms with E-state index in [4.69, 9.17) is 67.4 Å². The summed E-state index contributed by atoms with van der Waals surface area (Å²) in [5.41, 5.74) is 2.31. The van der Waals surface area contributed by atoms with Gasteiger partial charge in [0.1, 0.15) is 71.6 Å². The van der Waals surface area contributed by atoms with Gasteiger partial charge in [0.15, 0.2) is 0 Å². The molecule has 0 bridgehead atoms. The van der Waals surface area contributed by atoms with E-state index in [-0.39, 0.29) is 129 Å². The fraction of sp³-hybridized carbons (Fsp3) is 0.235. The van der Waals surface area contributed by atoms with Crippen LogP contribution in [0.1, 0.15) is 102 Å². The molecule has 12 rings (SSSR count). The van der Waals surface area contributed by atoms with Gasteiger partial charge in [0, 0.05) is 72.8 Å². The van der Waals surface area contributed by atoms with Crippen molar-refractivity contribution in [2.45, 2.75) is 90.1 Å². The van der Waals surface area contributed by atoms with Crippen LogP contribution in [0.4, 0.5) is 17.6 Å². The second-order valence-corrected chi connectivity index (χ2v) is 23.2. The van der Waals surface area contributed by atoms with Gasteiger partial charge < -0.3 is 43.5 Å². The average molecular weight is 1330 g/mol. The molecule has 0 spiro atoms. The summed E-state index contributed by atoms with van der Waals surface area (Å²) in [6.07, 6.45) is 3.28. The predicted molar refractivity (Wildman–Crippen MR) is 335 cm³/mol. The Hall–Kier alpha value is -10.7. The molecule has 4 atom stereocenters. The highest BCUT2D eigenvalue weighted by Gasteiger charge is 2.28. The van der Waals surface area contributed by atoms with Gasteiger partial charge in [0.25, 0.3) is 11.8 Å². The number of hydrogen-bond donors (Lipinski definition) is 2. The Balaban J connectivity index is 0.725. The van der Waals surface area contributed by atoms with Crippen molar-refractivity contribution in [3.05, 3.63) is 211 Å². The zero-order valence-corrected chi connectivity index (χ0v) is 51.9. The zero-order chi connectivity index (χ0) is 66.6. The van der Waals surface area contributed by atoms with E-state index in [0.29, 0.717) is 70.9 Å². The number of amides is 2. The van der Waals surface area contributed by atoms with E-state index >= 15 is 17.6 Å². The third-order valence-electron chi connectivity index (χ3n) is 15.8. The molecule has 2 saturated heterocycles. The molecular weight excluding hydrogens is 1280 g/mol. The number of rotatable bonds is 22. The summed E-state index contributed by atoms with van der Waals surface area (Å²) < 4.78 is 96.9. The van der Waals surface area contributed by atoms with Crippen LogP contribution in [0.3, 0.4) is 0 Å². The molecule has 0 unspecified atom stereocenters. The Morgan fingerprint density at radius 1 is 0.579 bits per heavy atom. The van der Waals surface area contributed by atoms with Gasteiger partial charge >= 0.3 is 11.9 Å². The number of halogens is 6. The maximum absolute atomic E-state index is 16.2. The SMILES string of the molecule is C[C@H](C#N)NC(=O)c1cc(Cl)c(COc2cccc(-c3cc(F)c(Cc4nc5ccc(C(=O)OC(=O)c6ccc7nc(Cc8cc(F)c(-c9cccc(OCc%10cnc(C(=O)N[C@H](C)C#N)cc%10Cl)n9)cc8F)n(C[C@@H]8CCO8)c7c6)cc5n4C[C@@H]4CCO4)cc3F)n2)cn1. The number of nitrogens with one attached hydrogen (secondary N) is 2. The van der Waals surface area contributed by atoms with Gasteiger partial charge in [-0.15, -0.1) is 0 Å². The first kappa shape index (κ1) is 64.4. The summed E-state index contributed by atoms with van der Waals surface area (Å²) in [6, 6.07) is 27.3. The normalized spacial score (nSPS) is 14.8. The van der Waals surface area contributed by atoms with Crippen LogP contribution in [-0.4, -0.2) is 100 Å². The van der Waals surface area contributed by atoms with E-state index in [1.54, 1.807) is 33.4 Å². The van der Waals surface area contributed by atoms with Gasteiger partial charge in [0.05, 0.1) is 92.1 Å². The number of benzene rings is 4. The molecule has 2 aliphatic heterocycles. The number of esters is 2. The molecule has 6 aromatic heterocycles. The summed E-state index contributed by atoms with van der Waals surface area (Å²) in [6.45, 7) is 4.32. The highest BCUT2D eigenvalue weighted by molar-refractivity contribution is 6.32. The van der Waals surface area contributed by atoms with Crippen LogP contribution in [0.5, 0.6) is 11.8 Å². The monoisotopic (exact) mass is 1330 g/mol. The first-order chi connectivity index (χ1) is 45.8. The Morgan fingerprint density at radius 3 is 1.38 bits per heavy atom. The Kier molecular flexibility index (Phi) is 18.9. The van der Waals surface area contributed by atoms with E-state index < -0.39 is 59.1 Å². The van der Waals surface area contributed by atoms with Crippen LogP contribution in [0.25, 0.3) is 44.6 Å². The third kappa shape index (κ3) is 14.4. The minimum Gasteiger partial charge on any atom is -0.473 e. The second kappa shape index (κ2) is 27.9. The van der Waals surface area contributed by atoms with Crippen LogP contribution in [0.15, 0.2) is 122 Å². The molecule has 0 radical (unpaired) electrons. The molecule has 0 saturated carbocycles. The number of hydrogen-bond acceptors (Lipinski definition) is 17. The van der Waals surface area contributed by atoms with Crippen LogP contribution in [0.2, 0.25) is 10.0 Å². The quantitative estimate of drug-likeness (QED) is 0.0362. The van der Waals surface area contributed by atoms with Crippen molar-refractivity contribution in [3.8, 4) is 46.4 Å². The van der Waals surface area contributed by atoms with Gasteiger partial charge in [0.2, 0.25) is 11.8 Å². The number of aromatic nitrogens is 8. The molecule has 10 aromatic rings. The van der Waals surface area contributed by atoms with E-state index in [9.17, 15) is 19.2 Å². The Morgan fingerprint density at radius 2 is 1.00 bits per heavy atom. The lowest BCUT2D eigenvalue weighted by atomic mass is 10.0. The van der Waals surface area contributed by atoms with Gasteiger partial charge in [-0.2, -0.15) is 10.5 Å². The molecule has 2 fully saturated rings. The van der Waals surface area contributed by atoms with Crippen LogP contribution < -0.4 is 20.1 Å². The van der Waals surface area contributed by atoms with Gasteiger partial charge in [-0.05, 0) is 123 Å². The maximum Gasteiger partial charge on any atom is 0.346 e. The van der Waals surface area contributed by atoms with Crippen molar-refractivity contribution in [1.82, 2.24) is 49.7 Å².